The number of nitrogens with one attached hydrogen (secondary N) is 3. The van der Waals surface area contributed by atoms with Gasteiger partial charge in [-0.1, -0.05) is 6.07 Å². The summed E-state index contributed by atoms with van der Waals surface area (Å²) in [4.78, 5) is 27.6. The standard InChI is InChI=1S/C27H33N7O2/c1-32-9-11-34(12-10-32)20-4-6-22-18(13-20)15-28-25(30-22)24-21-5-3-17(14-23(21)31-27(24)36)26(35)29-19-7-8-33(2)16-19/h3-6,13-14,19,31,36H,7-12,15-16H2,1-2H3,(H,28,30)(H,29,35). The number of aliphatic imine (C=N–C) groups is 1. The average Bonchev–Trinajstić information content (AvgIpc) is 3.44. The molecule has 0 bridgehead atoms. The average molecular weight is 488 g/mol. The molecule has 2 fully saturated rings. The minimum Gasteiger partial charge on any atom is -0.494 e. The van der Waals surface area contributed by atoms with Crippen LogP contribution in [0.4, 0.5) is 11.4 Å². The van der Waals surface area contributed by atoms with E-state index in [1.165, 1.54) is 5.69 Å². The third kappa shape index (κ3) is 4.29. The van der Waals surface area contributed by atoms with Crippen molar-refractivity contribution < 1.29 is 9.90 Å². The first-order valence-corrected chi connectivity index (χ1v) is 12.7. The molecule has 3 aromatic rings. The van der Waals surface area contributed by atoms with Gasteiger partial charge >= 0.3 is 0 Å². The molecular formula is C27H33N7O2. The number of hydrogen-bond acceptors (Lipinski definition) is 7. The number of piperazine rings is 1. The fraction of sp³-hybridized carbons (Fsp3) is 0.407. The SMILES string of the molecule is CN1CCN(c2ccc3c(c2)CN=C(c2c(O)[nH]c4cc(C(=O)NC5CCN(C)C5)ccc24)N3)CC1. The normalized spacial score (nSPS) is 20.8. The van der Waals surface area contributed by atoms with Gasteiger partial charge in [0.05, 0.1) is 12.1 Å². The molecule has 2 aromatic carbocycles. The number of fused-ring (bicyclic) bond motifs is 2. The maximum Gasteiger partial charge on any atom is 0.251 e. The van der Waals surface area contributed by atoms with Crippen molar-refractivity contribution in [3.05, 3.63) is 53.1 Å². The summed E-state index contributed by atoms with van der Waals surface area (Å²) < 4.78 is 0. The largest absolute Gasteiger partial charge is 0.494 e. The van der Waals surface area contributed by atoms with Gasteiger partial charge in [-0.2, -0.15) is 0 Å². The van der Waals surface area contributed by atoms with E-state index in [-0.39, 0.29) is 17.8 Å². The predicted molar refractivity (Wildman–Crippen MR) is 143 cm³/mol. The van der Waals surface area contributed by atoms with Crippen LogP contribution in [0.25, 0.3) is 10.9 Å². The highest BCUT2D eigenvalue weighted by molar-refractivity contribution is 6.19. The Hall–Kier alpha value is -3.56. The molecule has 0 radical (unpaired) electrons. The lowest BCUT2D eigenvalue weighted by atomic mass is 10.1. The maximum atomic E-state index is 12.8. The number of aromatic amines is 1. The summed E-state index contributed by atoms with van der Waals surface area (Å²) in [6.45, 7) is 6.59. The molecule has 9 nitrogen and oxygen atoms in total. The van der Waals surface area contributed by atoms with Crippen LogP contribution >= 0.6 is 0 Å². The van der Waals surface area contributed by atoms with Crippen LogP contribution in [0.2, 0.25) is 0 Å². The molecule has 0 saturated carbocycles. The third-order valence-electron chi connectivity index (χ3n) is 7.62. The Bertz CT molecular complexity index is 1340. The number of carbonyl (C=O) groups excluding carboxylic acids is 1. The zero-order valence-electron chi connectivity index (χ0n) is 20.8. The van der Waals surface area contributed by atoms with Gasteiger partial charge in [-0.15, -0.1) is 0 Å². The molecule has 1 amide bonds. The topological polar surface area (TPSA) is 99.2 Å². The number of nitrogens with zero attached hydrogens (tertiary/aromatic N) is 4. The van der Waals surface area contributed by atoms with Crippen molar-refractivity contribution in [2.75, 3.05) is 63.6 Å². The van der Waals surface area contributed by atoms with Gasteiger partial charge in [-0.05, 0) is 63.0 Å². The molecule has 0 aliphatic carbocycles. The number of aromatic nitrogens is 1. The van der Waals surface area contributed by atoms with E-state index in [1.807, 2.05) is 12.1 Å². The molecular weight excluding hydrogens is 454 g/mol. The van der Waals surface area contributed by atoms with E-state index < -0.39 is 0 Å². The third-order valence-corrected chi connectivity index (χ3v) is 7.62. The van der Waals surface area contributed by atoms with Crippen LogP contribution in [0.3, 0.4) is 0 Å². The zero-order valence-corrected chi connectivity index (χ0v) is 20.8. The van der Waals surface area contributed by atoms with Crippen molar-refractivity contribution in [2.24, 2.45) is 4.99 Å². The van der Waals surface area contributed by atoms with E-state index >= 15 is 0 Å². The van der Waals surface area contributed by atoms with Gasteiger partial charge in [0.1, 0.15) is 5.84 Å². The predicted octanol–water partition coefficient (Wildman–Crippen LogP) is 2.43. The number of likely N-dealkylation sites (N-methyl/N-ethyl adjacent to an activating group) is 2. The molecule has 1 atom stereocenters. The van der Waals surface area contributed by atoms with E-state index in [4.69, 9.17) is 4.99 Å². The number of hydrogen-bond donors (Lipinski definition) is 4. The highest BCUT2D eigenvalue weighted by Crippen LogP contribution is 2.33. The second-order valence-electron chi connectivity index (χ2n) is 10.3. The summed E-state index contributed by atoms with van der Waals surface area (Å²) in [5.74, 6) is 0.583. The second kappa shape index (κ2) is 9.15. The second-order valence-corrected chi connectivity index (χ2v) is 10.3. The van der Waals surface area contributed by atoms with E-state index in [2.05, 4.69) is 62.6 Å². The fourth-order valence-electron chi connectivity index (χ4n) is 5.45. The summed E-state index contributed by atoms with van der Waals surface area (Å²) in [6.07, 6.45) is 0.960. The van der Waals surface area contributed by atoms with Crippen molar-refractivity contribution in [1.29, 1.82) is 0 Å². The lowest BCUT2D eigenvalue weighted by Crippen LogP contribution is -2.44. The Balaban J connectivity index is 1.21. The highest BCUT2D eigenvalue weighted by atomic mass is 16.3. The van der Waals surface area contributed by atoms with Crippen LogP contribution in [0.1, 0.15) is 27.9 Å². The smallest absolute Gasteiger partial charge is 0.251 e. The Morgan fingerprint density at radius 3 is 2.67 bits per heavy atom. The van der Waals surface area contributed by atoms with Gasteiger partial charge in [-0.3, -0.25) is 9.79 Å². The van der Waals surface area contributed by atoms with E-state index in [0.29, 0.717) is 29.0 Å². The molecule has 3 aliphatic heterocycles. The van der Waals surface area contributed by atoms with Gasteiger partial charge < -0.3 is 35.4 Å². The van der Waals surface area contributed by atoms with Gasteiger partial charge in [0.25, 0.3) is 5.91 Å². The highest BCUT2D eigenvalue weighted by Gasteiger charge is 2.24. The van der Waals surface area contributed by atoms with Crippen LogP contribution in [-0.4, -0.2) is 91.0 Å². The molecule has 1 unspecified atom stereocenters. The molecule has 1 aromatic heterocycles. The fourth-order valence-corrected chi connectivity index (χ4v) is 5.45. The number of aromatic hydroxyl groups is 1. The number of benzene rings is 2. The summed E-state index contributed by atoms with van der Waals surface area (Å²) in [6, 6.07) is 12.1. The van der Waals surface area contributed by atoms with Gasteiger partial charge in [0, 0.05) is 66.6 Å². The minimum absolute atomic E-state index is 0.0451. The quantitative estimate of drug-likeness (QED) is 0.451. The molecule has 36 heavy (non-hydrogen) atoms. The van der Waals surface area contributed by atoms with E-state index in [9.17, 15) is 9.90 Å². The van der Waals surface area contributed by atoms with Crippen LogP contribution < -0.4 is 15.5 Å². The Morgan fingerprint density at radius 2 is 1.89 bits per heavy atom. The van der Waals surface area contributed by atoms with Crippen LogP contribution in [0, 0.1) is 0 Å². The first-order valence-electron chi connectivity index (χ1n) is 12.7. The molecule has 4 heterocycles. The molecule has 3 aliphatic rings. The van der Waals surface area contributed by atoms with E-state index in [1.54, 1.807) is 6.07 Å². The van der Waals surface area contributed by atoms with Crippen LogP contribution in [0.5, 0.6) is 5.88 Å². The van der Waals surface area contributed by atoms with Crippen molar-refractivity contribution in [2.45, 2.75) is 19.0 Å². The number of anilines is 2. The number of carbonyl (C=O) groups is 1. The lowest BCUT2D eigenvalue weighted by Gasteiger charge is -2.34. The molecule has 9 heteroatoms. The number of H-pyrrole nitrogens is 1. The summed E-state index contributed by atoms with van der Waals surface area (Å²) in [5, 5.41) is 18.1. The number of rotatable bonds is 4. The number of amidine groups is 1. The van der Waals surface area contributed by atoms with Crippen molar-refractivity contribution >= 4 is 34.0 Å². The minimum atomic E-state index is -0.0916. The molecule has 4 N–H and O–H groups in total. The maximum absolute atomic E-state index is 12.8. The van der Waals surface area contributed by atoms with Crippen molar-refractivity contribution in [3.8, 4) is 5.88 Å². The van der Waals surface area contributed by atoms with Gasteiger partial charge in [0.2, 0.25) is 5.88 Å². The van der Waals surface area contributed by atoms with Crippen molar-refractivity contribution in [3.63, 3.8) is 0 Å². The van der Waals surface area contributed by atoms with Gasteiger partial charge in [0.15, 0.2) is 0 Å². The summed E-state index contributed by atoms with van der Waals surface area (Å²) in [7, 11) is 4.23. The van der Waals surface area contributed by atoms with Crippen LogP contribution in [-0.2, 0) is 6.54 Å². The summed E-state index contributed by atoms with van der Waals surface area (Å²) in [5.41, 5.74) is 5.29. The Kier molecular flexibility index (Phi) is 5.81. The van der Waals surface area contributed by atoms with E-state index in [0.717, 1.165) is 62.3 Å². The van der Waals surface area contributed by atoms with Crippen molar-refractivity contribution in [1.82, 2.24) is 20.1 Å². The monoisotopic (exact) mass is 487 g/mol. The number of likely N-dealkylation sites (tertiary alicyclic amines) is 1. The van der Waals surface area contributed by atoms with Gasteiger partial charge in [-0.25, -0.2) is 0 Å². The molecule has 0 spiro atoms. The first kappa shape index (κ1) is 22.9. The lowest BCUT2D eigenvalue weighted by molar-refractivity contribution is 0.0938. The first-order chi connectivity index (χ1) is 17.4. The zero-order chi connectivity index (χ0) is 24.8. The molecule has 2 saturated heterocycles. The van der Waals surface area contributed by atoms with Crippen LogP contribution in [0.15, 0.2) is 41.4 Å². The Labute approximate surface area is 210 Å². The summed E-state index contributed by atoms with van der Waals surface area (Å²) >= 11 is 0. The Morgan fingerprint density at radius 1 is 1.06 bits per heavy atom. The molecule has 6 rings (SSSR count). The number of amides is 1. The molecule has 188 valence electrons.